The van der Waals surface area contributed by atoms with Crippen LogP contribution in [0.5, 0.6) is 5.75 Å². The van der Waals surface area contributed by atoms with Crippen LogP contribution in [0.25, 0.3) is 10.8 Å². The minimum Gasteiger partial charge on any atom is -0.483 e. The van der Waals surface area contributed by atoms with Crippen LogP contribution in [0, 0.1) is 0 Å². The fourth-order valence-electron chi connectivity index (χ4n) is 2.88. The van der Waals surface area contributed by atoms with Gasteiger partial charge in [-0.1, -0.05) is 61.5 Å². The van der Waals surface area contributed by atoms with E-state index in [1.54, 1.807) is 0 Å². The maximum atomic E-state index is 12.2. The summed E-state index contributed by atoms with van der Waals surface area (Å²) in [5, 5.41) is 5.17. The highest BCUT2D eigenvalue weighted by Crippen LogP contribution is 2.32. The second kappa shape index (κ2) is 8.37. The molecule has 4 heteroatoms. The van der Waals surface area contributed by atoms with E-state index < -0.39 is 0 Å². The monoisotopic (exact) mass is 411 g/mol. The van der Waals surface area contributed by atoms with Crippen molar-refractivity contribution in [3.05, 3.63) is 76.3 Å². The summed E-state index contributed by atoms with van der Waals surface area (Å²) in [5.74, 6) is 0.524. The second-order valence-corrected chi connectivity index (χ2v) is 7.06. The third-order valence-electron chi connectivity index (χ3n) is 4.45. The third-order valence-corrected chi connectivity index (χ3v) is 5.27. The van der Waals surface area contributed by atoms with Gasteiger partial charge >= 0.3 is 0 Å². The summed E-state index contributed by atoms with van der Waals surface area (Å²) >= 11 is 3.58. The summed E-state index contributed by atoms with van der Waals surface area (Å²) in [6.45, 7) is 4.08. The minimum atomic E-state index is -0.142. The molecule has 0 bridgehead atoms. The van der Waals surface area contributed by atoms with Crippen molar-refractivity contribution in [2.45, 2.75) is 26.3 Å². The second-order valence-electron chi connectivity index (χ2n) is 6.27. The molecule has 0 saturated heterocycles. The molecule has 3 nitrogen and oxygen atoms in total. The molecule has 0 saturated carbocycles. The van der Waals surface area contributed by atoms with Gasteiger partial charge in [-0.25, -0.2) is 0 Å². The van der Waals surface area contributed by atoms with Crippen LogP contribution in [0.3, 0.4) is 0 Å². The highest BCUT2D eigenvalue weighted by atomic mass is 79.9. The fourth-order valence-corrected chi connectivity index (χ4v) is 3.48. The highest BCUT2D eigenvalue weighted by molar-refractivity contribution is 9.10. The predicted octanol–water partition coefficient (Wildman–Crippen LogP) is 5.42. The van der Waals surface area contributed by atoms with E-state index in [0.29, 0.717) is 5.75 Å². The number of rotatable bonds is 6. The Bertz CT molecular complexity index is 906. The maximum absolute atomic E-state index is 12.2. The summed E-state index contributed by atoms with van der Waals surface area (Å²) in [7, 11) is 0. The van der Waals surface area contributed by atoms with Crippen LogP contribution in [0.1, 0.15) is 31.0 Å². The number of benzene rings is 3. The number of carbonyl (C=O) groups excluding carboxylic acids is 1. The molecule has 0 aliphatic rings. The molecule has 1 N–H and O–H groups in total. The molecule has 134 valence electrons. The van der Waals surface area contributed by atoms with Gasteiger partial charge in [-0.3, -0.25) is 4.79 Å². The average molecular weight is 412 g/mol. The number of fused-ring (bicyclic) bond motifs is 1. The first kappa shape index (κ1) is 18.5. The molecule has 3 aromatic carbocycles. The molecule has 0 radical (unpaired) electrons. The number of ether oxygens (including phenoxy) is 1. The third kappa shape index (κ3) is 4.25. The van der Waals surface area contributed by atoms with E-state index in [-0.39, 0.29) is 18.6 Å². The average Bonchev–Trinajstić information content (AvgIpc) is 2.67. The molecule has 0 aliphatic carbocycles. The lowest BCUT2D eigenvalue weighted by atomic mass is 10.1. The van der Waals surface area contributed by atoms with Crippen LogP contribution in [0.15, 0.2) is 65.1 Å². The molecule has 3 rings (SSSR count). The Kier molecular flexibility index (Phi) is 5.94. The van der Waals surface area contributed by atoms with E-state index in [4.69, 9.17) is 4.74 Å². The Morgan fingerprint density at radius 1 is 1.08 bits per heavy atom. The van der Waals surface area contributed by atoms with Gasteiger partial charge in [0, 0.05) is 0 Å². The zero-order valence-corrected chi connectivity index (χ0v) is 16.5. The van der Waals surface area contributed by atoms with E-state index in [0.717, 1.165) is 27.2 Å². The van der Waals surface area contributed by atoms with Crippen molar-refractivity contribution in [3.63, 3.8) is 0 Å². The molecule has 0 aliphatic heterocycles. The molecule has 0 spiro atoms. The largest absolute Gasteiger partial charge is 0.483 e. The minimum absolute atomic E-state index is 0.0195. The summed E-state index contributed by atoms with van der Waals surface area (Å²) in [4.78, 5) is 12.2. The Morgan fingerprint density at radius 2 is 1.81 bits per heavy atom. The maximum Gasteiger partial charge on any atom is 0.258 e. The number of hydrogen-bond donors (Lipinski definition) is 1. The Hall–Kier alpha value is -2.33. The lowest BCUT2D eigenvalue weighted by molar-refractivity contribution is -0.123. The summed E-state index contributed by atoms with van der Waals surface area (Å²) in [6, 6.07) is 20.2. The lowest BCUT2D eigenvalue weighted by Crippen LogP contribution is -2.31. The van der Waals surface area contributed by atoms with Gasteiger partial charge in [0.05, 0.1) is 10.5 Å². The number of nitrogens with one attached hydrogen (secondary N) is 1. The first-order chi connectivity index (χ1) is 12.6. The van der Waals surface area contributed by atoms with Gasteiger partial charge in [0.25, 0.3) is 5.91 Å². The molecule has 0 fully saturated rings. The van der Waals surface area contributed by atoms with Gasteiger partial charge in [-0.2, -0.15) is 0 Å². The fraction of sp³-hybridized carbons (Fsp3) is 0.227. The zero-order chi connectivity index (χ0) is 18.5. The number of carbonyl (C=O) groups is 1. The normalized spacial score (nSPS) is 12.0. The van der Waals surface area contributed by atoms with Crippen molar-refractivity contribution >= 4 is 32.6 Å². The summed E-state index contributed by atoms with van der Waals surface area (Å²) in [5.41, 5.74) is 2.37. The molecule has 0 unspecified atom stereocenters. The van der Waals surface area contributed by atoms with Crippen molar-refractivity contribution in [1.29, 1.82) is 0 Å². The molecular formula is C22H22BrNO2. The summed E-state index contributed by atoms with van der Waals surface area (Å²) < 4.78 is 6.59. The topological polar surface area (TPSA) is 38.3 Å². The number of hydrogen-bond acceptors (Lipinski definition) is 2. The lowest BCUT2D eigenvalue weighted by Gasteiger charge is -2.16. The van der Waals surface area contributed by atoms with Gasteiger partial charge < -0.3 is 10.1 Å². The van der Waals surface area contributed by atoms with Crippen molar-refractivity contribution in [3.8, 4) is 5.75 Å². The van der Waals surface area contributed by atoms with Crippen LogP contribution in [0.2, 0.25) is 0 Å². The quantitative estimate of drug-likeness (QED) is 0.587. The number of halogens is 1. The predicted molar refractivity (Wildman–Crippen MR) is 110 cm³/mol. The van der Waals surface area contributed by atoms with Crippen molar-refractivity contribution < 1.29 is 9.53 Å². The van der Waals surface area contributed by atoms with E-state index in [1.165, 1.54) is 5.56 Å². The van der Waals surface area contributed by atoms with Crippen molar-refractivity contribution in [2.24, 2.45) is 0 Å². The smallest absolute Gasteiger partial charge is 0.258 e. The van der Waals surface area contributed by atoms with E-state index in [9.17, 15) is 4.79 Å². The van der Waals surface area contributed by atoms with Crippen LogP contribution < -0.4 is 10.1 Å². The van der Waals surface area contributed by atoms with Crippen LogP contribution >= 0.6 is 15.9 Å². The first-order valence-corrected chi connectivity index (χ1v) is 9.56. The number of aryl methyl sites for hydroxylation is 1. The molecule has 0 heterocycles. The van der Waals surface area contributed by atoms with E-state index in [1.807, 2.05) is 43.3 Å². The zero-order valence-electron chi connectivity index (χ0n) is 15.0. The number of amides is 1. The van der Waals surface area contributed by atoms with Gasteiger partial charge in [0.2, 0.25) is 0 Å². The Balaban J connectivity index is 1.60. The first-order valence-electron chi connectivity index (χ1n) is 8.76. The van der Waals surface area contributed by atoms with Gasteiger partial charge in [-0.15, -0.1) is 0 Å². The van der Waals surface area contributed by atoms with Crippen LogP contribution in [-0.2, 0) is 11.2 Å². The molecular weight excluding hydrogens is 390 g/mol. The standard InChI is InChI=1S/C22H22BrNO2/c1-3-16-8-10-17(11-9-16)15(2)24-21(25)14-26-20-13-12-18-6-4-5-7-19(18)22(20)23/h4-13,15H,3,14H2,1-2H3,(H,24,25)/t15-/m0/s1. The molecule has 1 amide bonds. The van der Waals surface area contributed by atoms with Gasteiger partial charge in [0.15, 0.2) is 6.61 Å². The van der Waals surface area contributed by atoms with Gasteiger partial charge in [0.1, 0.15) is 5.75 Å². The summed E-state index contributed by atoms with van der Waals surface area (Å²) in [6.07, 6.45) is 1.01. The van der Waals surface area contributed by atoms with E-state index in [2.05, 4.69) is 52.4 Å². The van der Waals surface area contributed by atoms with Crippen molar-refractivity contribution in [1.82, 2.24) is 5.32 Å². The Labute approximate surface area is 162 Å². The molecule has 3 aromatic rings. The van der Waals surface area contributed by atoms with Crippen LogP contribution in [0.4, 0.5) is 0 Å². The SMILES string of the molecule is CCc1ccc([C@H](C)NC(=O)COc2ccc3ccccc3c2Br)cc1. The molecule has 26 heavy (non-hydrogen) atoms. The van der Waals surface area contributed by atoms with Crippen molar-refractivity contribution in [2.75, 3.05) is 6.61 Å². The van der Waals surface area contributed by atoms with Crippen LogP contribution in [-0.4, -0.2) is 12.5 Å². The van der Waals surface area contributed by atoms with E-state index >= 15 is 0 Å². The Morgan fingerprint density at radius 3 is 2.54 bits per heavy atom. The molecule has 1 atom stereocenters. The highest BCUT2D eigenvalue weighted by Gasteiger charge is 2.12. The molecule has 0 aromatic heterocycles. The van der Waals surface area contributed by atoms with Gasteiger partial charge in [-0.05, 0) is 57.2 Å².